The van der Waals surface area contributed by atoms with Crippen LogP contribution >= 0.6 is 0 Å². The van der Waals surface area contributed by atoms with Crippen LogP contribution in [0, 0.1) is 0 Å². The van der Waals surface area contributed by atoms with Crippen LogP contribution in [0.4, 0.5) is 4.79 Å². The molecule has 0 spiro atoms. The van der Waals surface area contributed by atoms with Crippen molar-refractivity contribution in [2.75, 3.05) is 0 Å². The third-order valence-corrected chi connectivity index (χ3v) is 4.54. The van der Waals surface area contributed by atoms with Crippen LogP contribution < -0.4 is 5.32 Å². The third-order valence-electron chi connectivity index (χ3n) is 4.54. The maximum absolute atomic E-state index is 12.8. The highest BCUT2D eigenvalue weighted by Crippen LogP contribution is 2.34. The predicted molar refractivity (Wildman–Crippen MR) is 91.5 cm³/mol. The maximum Gasteiger partial charge on any atom is 0.318 e. The molecule has 6 heteroatoms. The molecule has 0 radical (unpaired) electrons. The molecule has 0 aliphatic heterocycles. The van der Waals surface area contributed by atoms with E-state index in [-0.39, 0.29) is 18.1 Å². The van der Waals surface area contributed by atoms with Gasteiger partial charge in [0.1, 0.15) is 5.76 Å². The van der Waals surface area contributed by atoms with Gasteiger partial charge in [-0.05, 0) is 52.7 Å². The lowest BCUT2D eigenvalue weighted by molar-refractivity contribution is 0.163. The number of amides is 2. The highest BCUT2D eigenvalue weighted by molar-refractivity contribution is 5.76. The summed E-state index contributed by atoms with van der Waals surface area (Å²) in [5, 5.41) is 7.45. The molecule has 1 fully saturated rings. The molecule has 2 amide bonds. The van der Waals surface area contributed by atoms with Crippen LogP contribution in [0.1, 0.15) is 70.0 Å². The van der Waals surface area contributed by atoms with Crippen molar-refractivity contribution in [1.82, 2.24) is 20.0 Å². The summed E-state index contributed by atoms with van der Waals surface area (Å²) in [6.07, 6.45) is 7.57. The van der Waals surface area contributed by atoms with Crippen LogP contribution in [-0.4, -0.2) is 26.8 Å². The first kappa shape index (κ1) is 16.6. The lowest BCUT2D eigenvalue weighted by atomic mass is 10.2. The zero-order valence-electron chi connectivity index (χ0n) is 14.8. The minimum absolute atomic E-state index is 0.0498. The Morgan fingerprint density at radius 2 is 2.12 bits per heavy atom. The summed E-state index contributed by atoms with van der Waals surface area (Å²) in [6.45, 7) is 8.17. The number of furan rings is 1. The summed E-state index contributed by atoms with van der Waals surface area (Å²) in [6, 6.07) is 4.18. The SMILES string of the molecule is CC(C)n1cc([C@H](C)NC(=O)N(C2CC2)[C@H](C)c2ccco2)cn1. The fourth-order valence-corrected chi connectivity index (χ4v) is 2.88. The maximum atomic E-state index is 12.8. The second-order valence-corrected chi connectivity index (χ2v) is 6.85. The molecule has 3 rings (SSSR count). The number of hydrogen-bond donors (Lipinski definition) is 1. The molecule has 1 saturated carbocycles. The van der Waals surface area contributed by atoms with E-state index < -0.39 is 0 Å². The Balaban J connectivity index is 1.69. The van der Waals surface area contributed by atoms with Crippen LogP contribution in [-0.2, 0) is 0 Å². The number of carbonyl (C=O) groups is 1. The van der Waals surface area contributed by atoms with Crippen molar-refractivity contribution in [3.05, 3.63) is 42.1 Å². The number of aromatic nitrogens is 2. The molecule has 130 valence electrons. The topological polar surface area (TPSA) is 63.3 Å². The van der Waals surface area contributed by atoms with E-state index in [2.05, 4.69) is 24.3 Å². The largest absolute Gasteiger partial charge is 0.467 e. The van der Waals surface area contributed by atoms with Gasteiger partial charge in [-0.3, -0.25) is 4.68 Å². The second kappa shape index (κ2) is 6.71. The molecule has 0 bridgehead atoms. The molecule has 6 nitrogen and oxygen atoms in total. The fourth-order valence-electron chi connectivity index (χ4n) is 2.88. The first-order valence-corrected chi connectivity index (χ1v) is 8.63. The number of carbonyl (C=O) groups excluding carboxylic acids is 1. The average Bonchev–Trinajstić information content (AvgIpc) is 3.07. The summed E-state index contributed by atoms with van der Waals surface area (Å²) in [5.74, 6) is 0.817. The molecule has 2 atom stereocenters. The van der Waals surface area contributed by atoms with Gasteiger partial charge in [-0.2, -0.15) is 5.10 Å². The van der Waals surface area contributed by atoms with E-state index in [1.807, 2.05) is 48.0 Å². The van der Waals surface area contributed by atoms with Gasteiger partial charge in [-0.1, -0.05) is 0 Å². The van der Waals surface area contributed by atoms with Crippen LogP contribution in [0.25, 0.3) is 0 Å². The van der Waals surface area contributed by atoms with E-state index in [1.165, 1.54) is 0 Å². The quantitative estimate of drug-likeness (QED) is 0.869. The van der Waals surface area contributed by atoms with Crippen LogP contribution in [0.3, 0.4) is 0 Å². The van der Waals surface area contributed by atoms with Crippen molar-refractivity contribution < 1.29 is 9.21 Å². The van der Waals surface area contributed by atoms with Gasteiger partial charge in [0.15, 0.2) is 0 Å². The Morgan fingerprint density at radius 1 is 1.38 bits per heavy atom. The van der Waals surface area contributed by atoms with Crippen molar-refractivity contribution >= 4 is 6.03 Å². The molecule has 1 aliphatic carbocycles. The van der Waals surface area contributed by atoms with Gasteiger partial charge in [-0.25, -0.2) is 4.79 Å². The lowest BCUT2D eigenvalue weighted by Gasteiger charge is -2.29. The lowest BCUT2D eigenvalue weighted by Crippen LogP contribution is -2.43. The molecule has 2 heterocycles. The summed E-state index contributed by atoms with van der Waals surface area (Å²) in [5.41, 5.74) is 1.01. The minimum atomic E-state index is -0.0879. The van der Waals surface area contributed by atoms with Crippen molar-refractivity contribution in [3.63, 3.8) is 0 Å². The number of nitrogens with zero attached hydrogens (tertiary/aromatic N) is 3. The molecule has 0 unspecified atom stereocenters. The Bertz CT molecular complexity index is 673. The van der Waals surface area contributed by atoms with Gasteiger partial charge in [0.2, 0.25) is 0 Å². The molecular weight excluding hydrogens is 304 g/mol. The van der Waals surface area contributed by atoms with Crippen molar-refractivity contribution in [2.45, 2.75) is 64.7 Å². The van der Waals surface area contributed by atoms with E-state index in [9.17, 15) is 4.79 Å². The Hall–Kier alpha value is -2.24. The smallest absolute Gasteiger partial charge is 0.318 e. The van der Waals surface area contributed by atoms with Crippen molar-refractivity contribution in [1.29, 1.82) is 0 Å². The first-order valence-electron chi connectivity index (χ1n) is 8.63. The molecule has 2 aromatic rings. The Morgan fingerprint density at radius 3 is 2.67 bits per heavy atom. The summed E-state index contributed by atoms with van der Waals surface area (Å²) < 4.78 is 7.39. The summed E-state index contributed by atoms with van der Waals surface area (Å²) in [4.78, 5) is 14.7. The minimum Gasteiger partial charge on any atom is -0.467 e. The monoisotopic (exact) mass is 330 g/mol. The van der Waals surface area contributed by atoms with Gasteiger partial charge in [0.05, 0.1) is 24.5 Å². The van der Waals surface area contributed by atoms with Gasteiger partial charge in [0.25, 0.3) is 0 Å². The first-order chi connectivity index (χ1) is 11.5. The summed E-state index contributed by atoms with van der Waals surface area (Å²) >= 11 is 0. The molecule has 1 N–H and O–H groups in total. The van der Waals surface area contributed by atoms with E-state index >= 15 is 0 Å². The third kappa shape index (κ3) is 3.47. The number of urea groups is 1. The highest BCUT2D eigenvalue weighted by atomic mass is 16.3. The standard InChI is InChI=1S/C18H26N4O2/c1-12(2)21-11-15(10-19-21)13(3)20-18(23)22(16-7-8-16)14(4)17-6-5-9-24-17/h5-6,9-14,16H,7-8H2,1-4H3,(H,20,23)/t13-,14+/m0/s1. The zero-order chi connectivity index (χ0) is 17.3. The number of nitrogens with one attached hydrogen (secondary N) is 1. The average molecular weight is 330 g/mol. The predicted octanol–water partition coefficient (Wildman–Crippen LogP) is 4.05. The zero-order valence-corrected chi connectivity index (χ0v) is 14.8. The van der Waals surface area contributed by atoms with Gasteiger partial charge in [-0.15, -0.1) is 0 Å². The van der Waals surface area contributed by atoms with E-state index in [0.717, 1.165) is 24.2 Å². The van der Waals surface area contributed by atoms with Gasteiger partial charge < -0.3 is 14.6 Å². The second-order valence-electron chi connectivity index (χ2n) is 6.85. The molecule has 0 aromatic carbocycles. The molecule has 24 heavy (non-hydrogen) atoms. The van der Waals surface area contributed by atoms with Gasteiger partial charge >= 0.3 is 6.03 Å². The van der Waals surface area contributed by atoms with E-state index in [1.54, 1.807) is 6.26 Å². The van der Waals surface area contributed by atoms with Crippen LogP contribution in [0.2, 0.25) is 0 Å². The molecular formula is C18H26N4O2. The Kier molecular flexibility index (Phi) is 4.64. The van der Waals surface area contributed by atoms with Crippen LogP contribution in [0.5, 0.6) is 0 Å². The van der Waals surface area contributed by atoms with Crippen molar-refractivity contribution in [3.8, 4) is 0 Å². The number of rotatable bonds is 6. The molecule has 2 aromatic heterocycles. The van der Waals surface area contributed by atoms with E-state index in [4.69, 9.17) is 4.42 Å². The molecule has 1 aliphatic rings. The van der Waals surface area contributed by atoms with Crippen LogP contribution in [0.15, 0.2) is 35.2 Å². The van der Waals surface area contributed by atoms with E-state index in [0.29, 0.717) is 12.1 Å². The normalized spacial score (nSPS) is 16.9. The fraction of sp³-hybridized carbons (Fsp3) is 0.556. The molecule has 0 saturated heterocycles. The number of hydrogen-bond acceptors (Lipinski definition) is 3. The Labute approximate surface area is 142 Å². The van der Waals surface area contributed by atoms with Gasteiger partial charge in [0, 0.05) is 23.8 Å². The summed E-state index contributed by atoms with van der Waals surface area (Å²) in [7, 11) is 0. The highest BCUT2D eigenvalue weighted by Gasteiger charge is 2.37. The van der Waals surface area contributed by atoms with Crippen molar-refractivity contribution in [2.24, 2.45) is 0 Å².